The van der Waals surface area contributed by atoms with Gasteiger partial charge in [0.1, 0.15) is 11.5 Å². The van der Waals surface area contributed by atoms with E-state index in [1.807, 2.05) is 13.8 Å². The van der Waals surface area contributed by atoms with Gasteiger partial charge in [-0.15, -0.1) is 0 Å². The van der Waals surface area contributed by atoms with Crippen molar-refractivity contribution in [3.05, 3.63) is 28.3 Å². The summed E-state index contributed by atoms with van der Waals surface area (Å²) in [6.07, 6.45) is 0.344. The first-order valence-corrected chi connectivity index (χ1v) is 4.98. The predicted octanol–water partition coefficient (Wildman–Crippen LogP) is 1.29. The van der Waals surface area contributed by atoms with Gasteiger partial charge in [-0.1, -0.05) is 13.8 Å². The molecule has 2 N–H and O–H groups in total. The summed E-state index contributed by atoms with van der Waals surface area (Å²) in [7, 11) is 0. The second kappa shape index (κ2) is 4.98. The Morgan fingerprint density at radius 3 is 2.60 bits per heavy atom. The summed E-state index contributed by atoms with van der Waals surface area (Å²) in [5, 5.41) is 18.8. The Balaban J connectivity index is 2.68. The molecule has 0 radical (unpaired) electrons. The number of rotatable bonds is 4. The Bertz CT molecular complexity index is 367. The zero-order valence-electron chi connectivity index (χ0n) is 8.93. The molecule has 0 aromatic carbocycles. The molecule has 1 atom stereocenters. The van der Waals surface area contributed by atoms with Crippen molar-refractivity contribution in [3.8, 4) is 5.75 Å². The summed E-state index contributed by atoms with van der Waals surface area (Å²) in [6, 6.07) is 2.35. The molecule has 1 heterocycles. The van der Waals surface area contributed by atoms with E-state index in [9.17, 15) is 9.90 Å². The van der Waals surface area contributed by atoms with Crippen LogP contribution >= 0.6 is 0 Å². The van der Waals surface area contributed by atoms with E-state index in [0.717, 1.165) is 6.07 Å². The van der Waals surface area contributed by atoms with Crippen molar-refractivity contribution in [3.63, 3.8) is 0 Å². The number of aliphatic hydroxyl groups is 1. The Morgan fingerprint density at radius 1 is 1.40 bits per heavy atom. The standard InChI is InChI=1S/C11H16O4/c1-7(2)3-8(12)4-10-5-9(13)6-11(14)15-10/h5-8,12-13H,3-4H2,1-2H3. The molecule has 1 aromatic heterocycles. The van der Waals surface area contributed by atoms with Crippen molar-refractivity contribution in [2.24, 2.45) is 5.92 Å². The van der Waals surface area contributed by atoms with Crippen LogP contribution in [0.1, 0.15) is 26.0 Å². The Morgan fingerprint density at radius 2 is 2.07 bits per heavy atom. The summed E-state index contributed by atoms with van der Waals surface area (Å²) in [6.45, 7) is 4.00. The maximum Gasteiger partial charge on any atom is 0.339 e. The highest BCUT2D eigenvalue weighted by Gasteiger charge is 2.10. The fraction of sp³-hybridized carbons (Fsp3) is 0.545. The molecule has 1 unspecified atom stereocenters. The molecule has 4 heteroatoms. The first-order valence-electron chi connectivity index (χ1n) is 4.98. The first kappa shape index (κ1) is 11.8. The summed E-state index contributed by atoms with van der Waals surface area (Å²) in [5.41, 5.74) is -0.596. The molecule has 0 bridgehead atoms. The minimum atomic E-state index is -0.596. The van der Waals surface area contributed by atoms with Gasteiger partial charge >= 0.3 is 5.63 Å². The Labute approximate surface area is 88.2 Å². The van der Waals surface area contributed by atoms with Gasteiger partial charge in [0.05, 0.1) is 12.2 Å². The minimum absolute atomic E-state index is 0.127. The first-order chi connectivity index (χ1) is 6.97. The molecule has 84 valence electrons. The number of aliphatic hydroxyl groups excluding tert-OH is 1. The molecule has 0 saturated carbocycles. The lowest BCUT2D eigenvalue weighted by Crippen LogP contribution is -2.14. The van der Waals surface area contributed by atoms with Crippen LogP contribution in [0.3, 0.4) is 0 Å². The van der Waals surface area contributed by atoms with Gasteiger partial charge in [-0.25, -0.2) is 4.79 Å². The highest BCUT2D eigenvalue weighted by Crippen LogP contribution is 2.13. The van der Waals surface area contributed by atoms with Crippen LogP contribution in [0, 0.1) is 5.92 Å². The highest BCUT2D eigenvalue weighted by atomic mass is 16.4. The van der Waals surface area contributed by atoms with E-state index >= 15 is 0 Å². The summed E-state index contributed by atoms with van der Waals surface area (Å²) < 4.78 is 4.83. The highest BCUT2D eigenvalue weighted by molar-refractivity contribution is 5.18. The molecular formula is C11H16O4. The lowest BCUT2D eigenvalue weighted by molar-refractivity contribution is 0.141. The van der Waals surface area contributed by atoms with Crippen molar-refractivity contribution in [1.29, 1.82) is 0 Å². The lowest BCUT2D eigenvalue weighted by Gasteiger charge is -2.11. The fourth-order valence-corrected chi connectivity index (χ4v) is 1.48. The maximum atomic E-state index is 10.9. The zero-order chi connectivity index (χ0) is 11.4. The van der Waals surface area contributed by atoms with Crippen molar-refractivity contribution in [2.75, 3.05) is 0 Å². The average Bonchev–Trinajstić information content (AvgIpc) is 1.98. The molecule has 15 heavy (non-hydrogen) atoms. The van der Waals surface area contributed by atoms with E-state index in [2.05, 4.69) is 0 Å². The Hall–Kier alpha value is -1.29. The monoisotopic (exact) mass is 212 g/mol. The van der Waals surface area contributed by atoms with E-state index in [1.165, 1.54) is 6.07 Å². The number of aromatic hydroxyl groups is 1. The van der Waals surface area contributed by atoms with Gasteiger partial charge in [-0.3, -0.25) is 0 Å². The number of hydrogen-bond acceptors (Lipinski definition) is 4. The second-order valence-electron chi connectivity index (χ2n) is 4.09. The van der Waals surface area contributed by atoms with E-state index in [-0.39, 0.29) is 12.2 Å². The smallest absolute Gasteiger partial charge is 0.339 e. The minimum Gasteiger partial charge on any atom is -0.508 e. The largest absolute Gasteiger partial charge is 0.508 e. The van der Waals surface area contributed by atoms with Crippen molar-refractivity contribution in [2.45, 2.75) is 32.8 Å². The van der Waals surface area contributed by atoms with Crippen LogP contribution in [0.25, 0.3) is 0 Å². The van der Waals surface area contributed by atoms with Gasteiger partial charge in [0.15, 0.2) is 0 Å². The van der Waals surface area contributed by atoms with Crippen LogP contribution in [0.2, 0.25) is 0 Å². The van der Waals surface area contributed by atoms with E-state index in [4.69, 9.17) is 9.52 Å². The van der Waals surface area contributed by atoms with Gasteiger partial charge < -0.3 is 14.6 Å². The summed E-state index contributed by atoms with van der Waals surface area (Å²) in [4.78, 5) is 10.9. The third-order valence-corrected chi connectivity index (χ3v) is 1.99. The molecule has 0 aliphatic heterocycles. The molecule has 0 amide bonds. The quantitative estimate of drug-likeness (QED) is 0.789. The second-order valence-corrected chi connectivity index (χ2v) is 4.09. The van der Waals surface area contributed by atoms with Gasteiger partial charge in [-0.05, 0) is 12.3 Å². The van der Waals surface area contributed by atoms with E-state index in [0.29, 0.717) is 18.1 Å². The zero-order valence-corrected chi connectivity index (χ0v) is 8.93. The molecule has 1 rings (SSSR count). The van der Waals surface area contributed by atoms with Crippen molar-refractivity contribution < 1.29 is 14.6 Å². The molecule has 4 nitrogen and oxygen atoms in total. The van der Waals surface area contributed by atoms with Crippen molar-refractivity contribution >= 4 is 0 Å². The molecule has 1 aromatic rings. The normalized spacial score (nSPS) is 13.1. The molecule has 0 aliphatic rings. The molecule has 0 fully saturated rings. The average molecular weight is 212 g/mol. The lowest BCUT2D eigenvalue weighted by atomic mass is 10.0. The third kappa shape index (κ3) is 4.16. The molecule has 0 aliphatic carbocycles. The van der Waals surface area contributed by atoms with E-state index < -0.39 is 11.7 Å². The van der Waals surface area contributed by atoms with Gasteiger partial charge in [0.2, 0.25) is 0 Å². The van der Waals surface area contributed by atoms with Crippen molar-refractivity contribution in [1.82, 2.24) is 0 Å². The number of hydrogen-bond donors (Lipinski definition) is 2. The third-order valence-electron chi connectivity index (χ3n) is 1.99. The predicted molar refractivity (Wildman–Crippen MR) is 55.8 cm³/mol. The molecule has 0 spiro atoms. The van der Waals surface area contributed by atoms with Crippen LogP contribution in [0.15, 0.2) is 21.3 Å². The summed E-state index contributed by atoms with van der Waals surface area (Å²) >= 11 is 0. The summed E-state index contributed by atoms with van der Waals surface area (Å²) in [5.74, 6) is 0.565. The van der Waals surface area contributed by atoms with Gasteiger partial charge in [0, 0.05) is 12.5 Å². The van der Waals surface area contributed by atoms with Gasteiger partial charge in [0.25, 0.3) is 0 Å². The molecular weight excluding hydrogens is 196 g/mol. The van der Waals surface area contributed by atoms with Gasteiger partial charge in [-0.2, -0.15) is 0 Å². The van der Waals surface area contributed by atoms with Crippen LogP contribution in [-0.2, 0) is 6.42 Å². The van der Waals surface area contributed by atoms with Crippen LogP contribution in [0.5, 0.6) is 5.75 Å². The SMILES string of the molecule is CC(C)CC(O)Cc1cc(O)cc(=O)o1. The fourth-order valence-electron chi connectivity index (χ4n) is 1.48. The van der Waals surface area contributed by atoms with Crippen LogP contribution in [0.4, 0.5) is 0 Å². The van der Waals surface area contributed by atoms with E-state index in [1.54, 1.807) is 0 Å². The topological polar surface area (TPSA) is 70.7 Å². The van der Waals surface area contributed by atoms with Crippen LogP contribution < -0.4 is 5.63 Å². The Kier molecular flexibility index (Phi) is 3.91. The maximum absolute atomic E-state index is 10.9. The molecule has 0 saturated heterocycles. The van der Waals surface area contributed by atoms with Crippen LogP contribution in [-0.4, -0.2) is 16.3 Å².